The highest BCUT2D eigenvalue weighted by Gasteiger charge is 2.22. The maximum Gasteiger partial charge on any atom is 0.274 e. The summed E-state index contributed by atoms with van der Waals surface area (Å²) in [5.41, 5.74) is -0.424. The van der Waals surface area contributed by atoms with E-state index in [4.69, 9.17) is 11.6 Å². The van der Waals surface area contributed by atoms with Gasteiger partial charge in [-0.1, -0.05) is 11.6 Å². The van der Waals surface area contributed by atoms with Crippen molar-refractivity contribution in [1.29, 1.82) is 0 Å². The molecule has 2 rings (SSSR count). The Hall–Kier alpha value is -3.00. The number of nitrogens with zero attached hydrogens (tertiary/aromatic N) is 2. The molecule has 2 aromatic carbocycles. The molecule has 0 saturated heterocycles. The molecule has 0 unspecified atom stereocenters. The van der Waals surface area contributed by atoms with Crippen LogP contribution in [0.1, 0.15) is 15.9 Å². The first-order valence-electron chi connectivity index (χ1n) is 6.95. The molecule has 0 spiro atoms. The third kappa shape index (κ3) is 4.74. The van der Waals surface area contributed by atoms with Crippen LogP contribution in [0.25, 0.3) is 0 Å². The van der Waals surface area contributed by atoms with Crippen molar-refractivity contribution in [1.82, 2.24) is 4.90 Å². The lowest BCUT2D eigenvalue weighted by molar-refractivity contribution is -0.385. The van der Waals surface area contributed by atoms with Gasteiger partial charge in [-0.25, -0.2) is 4.39 Å². The molecule has 2 aromatic rings. The minimum atomic E-state index is -1.55. The molecule has 7 nitrogen and oxygen atoms in total. The van der Waals surface area contributed by atoms with Crippen LogP contribution in [0.4, 0.5) is 10.1 Å². The average Bonchev–Trinajstić information content (AvgIpc) is 2.53. The lowest BCUT2D eigenvalue weighted by Crippen LogP contribution is -2.41. The summed E-state index contributed by atoms with van der Waals surface area (Å²) in [4.78, 5) is 34.6. The number of rotatable bonds is 6. The van der Waals surface area contributed by atoms with E-state index in [0.29, 0.717) is 5.02 Å². The Morgan fingerprint density at radius 1 is 1.16 bits per heavy atom. The molecule has 0 heterocycles. The first-order valence-corrected chi connectivity index (χ1v) is 7.33. The Bertz CT molecular complexity index is 826. The Kier molecular flexibility index (Phi) is 5.66. The second kappa shape index (κ2) is 7.71. The summed E-state index contributed by atoms with van der Waals surface area (Å²) < 4.78 is 13.4. The van der Waals surface area contributed by atoms with Crippen molar-refractivity contribution in [3.05, 3.63) is 74.5 Å². The lowest BCUT2D eigenvalue weighted by Gasteiger charge is -2.23. The quantitative estimate of drug-likeness (QED) is 0.573. The number of nitro groups is 1. The van der Waals surface area contributed by atoms with E-state index in [1.165, 1.54) is 24.3 Å². The first-order chi connectivity index (χ1) is 11.8. The zero-order valence-electron chi connectivity index (χ0n) is 12.6. The summed E-state index contributed by atoms with van der Waals surface area (Å²) in [5, 5.41) is 22.4. The molecular weight excluding hydrogens is 355 g/mol. The van der Waals surface area contributed by atoms with Crippen LogP contribution in [0.15, 0.2) is 42.5 Å². The van der Waals surface area contributed by atoms with Gasteiger partial charge in [0.25, 0.3) is 11.6 Å². The van der Waals surface area contributed by atoms with Crippen molar-refractivity contribution < 1.29 is 24.0 Å². The summed E-state index contributed by atoms with van der Waals surface area (Å²) in [6.45, 7) is -1.28. The molecule has 1 amide bonds. The van der Waals surface area contributed by atoms with Crippen molar-refractivity contribution in [3.63, 3.8) is 0 Å². The van der Waals surface area contributed by atoms with Crippen LogP contribution in [-0.4, -0.2) is 28.2 Å². The molecule has 0 aliphatic heterocycles. The van der Waals surface area contributed by atoms with Crippen LogP contribution in [0, 0.1) is 15.9 Å². The third-order valence-electron chi connectivity index (χ3n) is 3.30. The summed E-state index contributed by atoms with van der Waals surface area (Å²) in [6, 6.07) is 8.39. The molecule has 0 bridgehead atoms. The number of benzene rings is 2. The van der Waals surface area contributed by atoms with Gasteiger partial charge in [0.15, 0.2) is 0 Å². The van der Waals surface area contributed by atoms with Crippen molar-refractivity contribution >= 4 is 29.2 Å². The van der Waals surface area contributed by atoms with Crippen molar-refractivity contribution in [2.45, 2.75) is 6.54 Å². The molecule has 9 heteroatoms. The van der Waals surface area contributed by atoms with E-state index in [0.717, 1.165) is 23.1 Å². The van der Waals surface area contributed by atoms with Crippen LogP contribution in [0.2, 0.25) is 5.02 Å². The Labute approximate surface area is 146 Å². The zero-order valence-corrected chi connectivity index (χ0v) is 13.4. The number of hydrogen-bond acceptors (Lipinski definition) is 5. The minimum absolute atomic E-state index is 0.129. The van der Waals surface area contributed by atoms with E-state index in [1.807, 2.05) is 0 Å². The third-order valence-corrected chi connectivity index (χ3v) is 3.55. The fourth-order valence-corrected chi connectivity index (χ4v) is 2.32. The monoisotopic (exact) mass is 365 g/mol. The molecule has 0 aliphatic carbocycles. The highest BCUT2D eigenvalue weighted by atomic mass is 35.5. The van der Waals surface area contributed by atoms with Crippen LogP contribution < -0.4 is 5.11 Å². The van der Waals surface area contributed by atoms with Crippen molar-refractivity contribution in [2.75, 3.05) is 6.54 Å². The van der Waals surface area contributed by atoms with Gasteiger partial charge in [0.1, 0.15) is 5.82 Å². The van der Waals surface area contributed by atoms with Gasteiger partial charge < -0.3 is 14.8 Å². The second-order valence-corrected chi connectivity index (χ2v) is 5.51. The Balaban J connectivity index is 2.37. The average molecular weight is 366 g/mol. The number of halogens is 2. The molecule has 25 heavy (non-hydrogen) atoms. The van der Waals surface area contributed by atoms with E-state index in [9.17, 15) is 29.2 Å². The van der Waals surface area contributed by atoms with E-state index in [2.05, 4.69) is 0 Å². The van der Waals surface area contributed by atoms with Gasteiger partial charge in [-0.2, -0.15) is 0 Å². The van der Waals surface area contributed by atoms with Gasteiger partial charge in [-0.15, -0.1) is 0 Å². The van der Waals surface area contributed by atoms with Crippen LogP contribution in [0.3, 0.4) is 0 Å². The van der Waals surface area contributed by atoms with Gasteiger partial charge in [-0.05, 0) is 36.4 Å². The van der Waals surface area contributed by atoms with E-state index < -0.39 is 41.4 Å². The SMILES string of the molecule is O=C([O-])CN(Cc1cc(F)ccc1[N+](=O)[O-])C(=O)c1ccc(Cl)cc1. The minimum Gasteiger partial charge on any atom is -0.548 e. The summed E-state index contributed by atoms with van der Waals surface area (Å²) in [6.07, 6.45) is 0. The normalized spacial score (nSPS) is 10.3. The fourth-order valence-electron chi connectivity index (χ4n) is 2.19. The maximum atomic E-state index is 13.4. The molecule has 0 fully saturated rings. The smallest absolute Gasteiger partial charge is 0.274 e. The first kappa shape index (κ1) is 18.3. The van der Waals surface area contributed by atoms with Crippen molar-refractivity contribution in [2.24, 2.45) is 0 Å². The van der Waals surface area contributed by atoms with Gasteiger partial charge in [0.2, 0.25) is 0 Å². The maximum absolute atomic E-state index is 13.4. The van der Waals surface area contributed by atoms with Crippen LogP contribution >= 0.6 is 11.6 Å². The molecule has 0 aromatic heterocycles. The number of carbonyl (C=O) groups is 2. The molecule has 0 saturated carbocycles. The van der Waals surface area contributed by atoms with Gasteiger partial charge in [0, 0.05) is 16.7 Å². The topological polar surface area (TPSA) is 104 Å². The molecule has 0 atom stereocenters. The Morgan fingerprint density at radius 2 is 1.80 bits per heavy atom. The summed E-state index contributed by atoms with van der Waals surface area (Å²) >= 11 is 5.74. The van der Waals surface area contributed by atoms with Crippen molar-refractivity contribution in [3.8, 4) is 0 Å². The molecule has 0 aliphatic rings. The fraction of sp³-hybridized carbons (Fsp3) is 0.125. The van der Waals surface area contributed by atoms with Gasteiger partial charge in [0.05, 0.1) is 29.5 Å². The van der Waals surface area contributed by atoms with Crippen LogP contribution in [0.5, 0.6) is 0 Å². The molecule has 130 valence electrons. The highest BCUT2D eigenvalue weighted by molar-refractivity contribution is 6.30. The predicted octanol–water partition coefficient (Wildman–Crippen LogP) is 1.78. The number of aliphatic carboxylic acids is 1. The van der Waals surface area contributed by atoms with E-state index in [1.54, 1.807) is 0 Å². The number of carboxylic acid groups (broad SMARTS) is 1. The lowest BCUT2D eigenvalue weighted by atomic mass is 10.1. The van der Waals surface area contributed by atoms with Gasteiger partial charge >= 0.3 is 0 Å². The number of carbonyl (C=O) groups excluding carboxylic acids is 2. The standard InChI is InChI=1S/C16H12ClFN2O5/c17-12-3-1-10(2-4-12)16(23)19(9-15(21)22)8-11-7-13(18)5-6-14(11)20(24)25/h1-7H,8-9H2,(H,21,22)/p-1. The molecular formula is C16H11ClFN2O5-. The van der Waals surface area contributed by atoms with Crippen LogP contribution in [-0.2, 0) is 11.3 Å². The predicted molar refractivity (Wildman–Crippen MR) is 84.3 cm³/mol. The number of nitro benzene ring substituents is 1. The Morgan fingerprint density at radius 3 is 2.36 bits per heavy atom. The largest absolute Gasteiger partial charge is 0.548 e. The number of carboxylic acids is 1. The number of amides is 1. The van der Waals surface area contributed by atoms with E-state index in [-0.39, 0.29) is 11.1 Å². The summed E-state index contributed by atoms with van der Waals surface area (Å²) in [5.74, 6) is -3.01. The molecule has 0 radical (unpaired) electrons. The number of hydrogen-bond donors (Lipinski definition) is 0. The summed E-state index contributed by atoms with van der Waals surface area (Å²) in [7, 11) is 0. The highest BCUT2D eigenvalue weighted by Crippen LogP contribution is 2.22. The van der Waals surface area contributed by atoms with Gasteiger partial charge in [-0.3, -0.25) is 14.9 Å². The molecule has 0 N–H and O–H groups in total. The zero-order chi connectivity index (χ0) is 18.6. The van der Waals surface area contributed by atoms with E-state index >= 15 is 0 Å². The second-order valence-electron chi connectivity index (χ2n) is 5.07.